The number of rotatable bonds is 7. The quantitative estimate of drug-likeness (QED) is 0.758. The zero-order chi connectivity index (χ0) is 17.5. The predicted molar refractivity (Wildman–Crippen MR) is 96.2 cm³/mol. The van der Waals surface area contributed by atoms with Crippen molar-refractivity contribution < 1.29 is 14.3 Å². The van der Waals surface area contributed by atoms with Crippen LogP contribution in [-0.2, 0) is 9.53 Å². The van der Waals surface area contributed by atoms with Gasteiger partial charge in [0.05, 0.1) is 5.02 Å². The fourth-order valence-corrected chi connectivity index (χ4v) is 2.77. The monoisotopic (exact) mass is 387 g/mol. The van der Waals surface area contributed by atoms with Crippen molar-refractivity contribution in [2.24, 2.45) is 0 Å². The molecule has 1 unspecified atom stereocenters. The van der Waals surface area contributed by atoms with Crippen LogP contribution in [0.3, 0.4) is 0 Å². The van der Waals surface area contributed by atoms with Crippen LogP contribution < -0.4 is 10.1 Å². The molecule has 0 aromatic heterocycles. The van der Waals surface area contributed by atoms with Gasteiger partial charge in [-0.15, -0.1) is 0 Å². The van der Waals surface area contributed by atoms with Crippen molar-refractivity contribution in [1.82, 2.24) is 5.32 Å². The summed E-state index contributed by atoms with van der Waals surface area (Å²) in [6.07, 6.45) is -0.346. The number of carbonyl (C=O) groups excluding carboxylic acids is 1. The zero-order valence-electron chi connectivity index (χ0n) is 12.9. The third-order valence-electron chi connectivity index (χ3n) is 3.27. The van der Waals surface area contributed by atoms with Crippen LogP contribution in [0.4, 0.5) is 0 Å². The van der Waals surface area contributed by atoms with Crippen LogP contribution in [0.2, 0.25) is 15.1 Å². The van der Waals surface area contributed by atoms with Gasteiger partial charge in [-0.1, -0.05) is 53.0 Å². The van der Waals surface area contributed by atoms with Crippen molar-refractivity contribution in [2.75, 3.05) is 20.3 Å². The summed E-state index contributed by atoms with van der Waals surface area (Å²) in [5.74, 6) is 0.0979. The van der Waals surface area contributed by atoms with Gasteiger partial charge >= 0.3 is 0 Å². The van der Waals surface area contributed by atoms with Gasteiger partial charge in [-0.2, -0.15) is 0 Å². The molecule has 0 fully saturated rings. The molecule has 7 heteroatoms. The summed E-state index contributed by atoms with van der Waals surface area (Å²) in [6, 6.07) is 12.1. The standard InChI is InChI=1S/C17H16Cl3NO3/c1-23-16(12-4-2-3-5-13(12)19)9-21-17(22)10-24-15-7-6-11(18)8-14(15)20/h2-8,16H,9-10H2,1H3,(H,21,22). The van der Waals surface area contributed by atoms with E-state index < -0.39 is 0 Å². The average Bonchev–Trinajstić information content (AvgIpc) is 2.56. The highest BCUT2D eigenvalue weighted by molar-refractivity contribution is 6.35. The van der Waals surface area contributed by atoms with Crippen molar-refractivity contribution in [1.29, 1.82) is 0 Å². The Bertz CT molecular complexity index is 709. The lowest BCUT2D eigenvalue weighted by Gasteiger charge is -2.18. The predicted octanol–water partition coefficient (Wildman–Crippen LogP) is 4.53. The normalized spacial score (nSPS) is 11.8. The van der Waals surface area contributed by atoms with E-state index >= 15 is 0 Å². The molecule has 0 saturated carbocycles. The number of ether oxygens (including phenoxy) is 2. The molecule has 0 bridgehead atoms. The third kappa shape index (κ3) is 5.28. The number of amides is 1. The minimum atomic E-state index is -0.346. The van der Waals surface area contributed by atoms with Gasteiger partial charge in [0, 0.05) is 29.3 Å². The number of benzene rings is 2. The molecule has 0 aliphatic rings. The lowest BCUT2D eigenvalue weighted by atomic mass is 10.1. The van der Waals surface area contributed by atoms with E-state index in [0.29, 0.717) is 20.8 Å². The summed E-state index contributed by atoms with van der Waals surface area (Å²) in [5, 5.41) is 4.18. The molecule has 0 heterocycles. The average molecular weight is 389 g/mol. The maximum Gasteiger partial charge on any atom is 0.258 e. The molecule has 1 N–H and O–H groups in total. The minimum absolute atomic E-state index is 0.166. The molecule has 1 atom stereocenters. The van der Waals surface area contributed by atoms with Crippen LogP contribution in [-0.4, -0.2) is 26.2 Å². The fraction of sp³-hybridized carbons (Fsp3) is 0.235. The number of hydrogen-bond acceptors (Lipinski definition) is 3. The summed E-state index contributed by atoms with van der Waals surface area (Å²) < 4.78 is 10.8. The molecule has 0 spiro atoms. The van der Waals surface area contributed by atoms with Crippen molar-refractivity contribution >= 4 is 40.7 Å². The Morgan fingerprint density at radius 1 is 1.12 bits per heavy atom. The third-order valence-corrected chi connectivity index (χ3v) is 4.15. The Morgan fingerprint density at radius 2 is 1.88 bits per heavy atom. The van der Waals surface area contributed by atoms with Gasteiger partial charge in [0.15, 0.2) is 6.61 Å². The van der Waals surface area contributed by atoms with Gasteiger partial charge in [0.1, 0.15) is 11.9 Å². The van der Waals surface area contributed by atoms with Gasteiger partial charge in [0.25, 0.3) is 5.91 Å². The molecule has 0 aliphatic heterocycles. The molecule has 0 radical (unpaired) electrons. The van der Waals surface area contributed by atoms with Gasteiger partial charge in [-0.3, -0.25) is 4.79 Å². The Labute approximate surface area is 155 Å². The molecule has 2 aromatic rings. The number of nitrogens with one attached hydrogen (secondary N) is 1. The van der Waals surface area contributed by atoms with E-state index in [1.54, 1.807) is 31.4 Å². The van der Waals surface area contributed by atoms with Crippen molar-refractivity contribution in [3.63, 3.8) is 0 Å². The van der Waals surface area contributed by atoms with Gasteiger partial charge in [0.2, 0.25) is 0 Å². The summed E-state index contributed by atoms with van der Waals surface area (Å²) >= 11 is 17.9. The van der Waals surface area contributed by atoms with E-state index in [-0.39, 0.29) is 25.2 Å². The first-order valence-electron chi connectivity index (χ1n) is 7.13. The molecule has 2 aromatic carbocycles. The highest BCUT2D eigenvalue weighted by Gasteiger charge is 2.15. The van der Waals surface area contributed by atoms with Crippen molar-refractivity contribution in [2.45, 2.75) is 6.10 Å². The Kier molecular flexibility index (Phi) is 7.18. The summed E-state index contributed by atoms with van der Waals surface area (Å²) in [4.78, 5) is 11.9. The van der Waals surface area contributed by atoms with E-state index in [1.165, 1.54) is 0 Å². The Balaban J connectivity index is 1.87. The van der Waals surface area contributed by atoms with Gasteiger partial charge < -0.3 is 14.8 Å². The molecule has 24 heavy (non-hydrogen) atoms. The smallest absolute Gasteiger partial charge is 0.258 e. The summed E-state index contributed by atoms with van der Waals surface area (Å²) in [5.41, 5.74) is 0.809. The molecule has 2 rings (SSSR count). The highest BCUT2D eigenvalue weighted by Crippen LogP contribution is 2.27. The first-order chi connectivity index (χ1) is 11.5. The number of halogens is 3. The maximum atomic E-state index is 11.9. The lowest BCUT2D eigenvalue weighted by Crippen LogP contribution is -2.33. The molecular weight excluding hydrogens is 373 g/mol. The second kappa shape index (κ2) is 9.14. The van der Waals surface area contributed by atoms with E-state index in [2.05, 4.69) is 5.32 Å². The van der Waals surface area contributed by atoms with E-state index in [0.717, 1.165) is 5.56 Å². The van der Waals surface area contributed by atoms with Crippen LogP contribution in [0.5, 0.6) is 5.75 Å². The molecular formula is C17H16Cl3NO3. The van der Waals surface area contributed by atoms with Gasteiger partial charge in [-0.25, -0.2) is 0 Å². The van der Waals surface area contributed by atoms with Crippen molar-refractivity contribution in [3.05, 3.63) is 63.1 Å². The van der Waals surface area contributed by atoms with E-state index in [9.17, 15) is 4.79 Å². The fourth-order valence-electron chi connectivity index (χ4n) is 2.05. The van der Waals surface area contributed by atoms with Gasteiger partial charge in [-0.05, 0) is 24.3 Å². The molecule has 128 valence electrons. The van der Waals surface area contributed by atoms with Crippen LogP contribution in [0, 0.1) is 0 Å². The molecule has 0 aliphatic carbocycles. The molecule has 1 amide bonds. The Hall–Kier alpha value is -1.46. The summed E-state index contributed by atoms with van der Waals surface area (Å²) in [6.45, 7) is 0.108. The SMILES string of the molecule is COC(CNC(=O)COc1ccc(Cl)cc1Cl)c1ccccc1Cl. The van der Waals surface area contributed by atoms with Crippen LogP contribution >= 0.6 is 34.8 Å². The first-order valence-corrected chi connectivity index (χ1v) is 8.26. The first kappa shape index (κ1) is 18.9. The minimum Gasteiger partial charge on any atom is -0.482 e. The van der Waals surface area contributed by atoms with Crippen LogP contribution in [0.25, 0.3) is 0 Å². The zero-order valence-corrected chi connectivity index (χ0v) is 15.2. The van der Waals surface area contributed by atoms with E-state index in [1.807, 2.05) is 18.2 Å². The topological polar surface area (TPSA) is 47.6 Å². The number of hydrogen-bond donors (Lipinski definition) is 1. The van der Waals surface area contributed by atoms with Crippen LogP contribution in [0.1, 0.15) is 11.7 Å². The molecule has 4 nitrogen and oxygen atoms in total. The maximum absolute atomic E-state index is 11.9. The lowest BCUT2D eigenvalue weighted by molar-refractivity contribution is -0.123. The summed E-state index contributed by atoms with van der Waals surface area (Å²) in [7, 11) is 1.56. The van der Waals surface area contributed by atoms with Crippen molar-refractivity contribution in [3.8, 4) is 5.75 Å². The largest absolute Gasteiger partial charge is 0.482 e. The number of methoxy groups -OCH3 is 1. The number of carbonyl (C=O) groups is 1. The Morgan fingerprint density at radius 3 is 2.54 bits per heavy atom. The second-order valence-corrected chi connectivity index (χ2v) is 6.16. The van der Waals surface area contributed by atoms with E-state index in [4.69, 9.17) is 44.3 Å². The van der Waals surface area contributed by atoms with Crippen LogP contribution in [0.15, 0.2) is 42.5 Å². The molecule has 0 saturated heterocycles. The highest BCUT2D eigenvalue weighted by atomic mass is 35.5. The second-order valence-electron chi connectivity index (χ2n) is 4.91.